The number of benzene rings is 1. The van der Waals surface area contributed by atoms with Gasteiger partial charge in [-0.15, -0.1) is 0 Å². The van der Waals surface area contributed by atoms with E-state index in [0.717, 1.165) is 8.96 Å². The minimum atomic E-state index is -0.226. The van der Waals surface area contributed by atoms with Crippen molar-refractivity contribution in [2.75, 3.05) is 6.61 Å². The number of fused-ring (bicyclic) bond motifs is 1. The zero-order valence-electron chi connectivity index (χ0n) is 10.8. The summed E-state index contributed by atoms with van der Waals surface area (Å²) in [5.74, 6) is 5.41. The van der Waals surface area contributed by atoms with Gasteiger partial charge < -0.3 is 4.74 Å². The molecular weight excluding hydrogens is 428 g/mol. The summed E-state index contributed by atoms with van der Waals surface area (Å²) in [5, 5.41) is 1.73. The number of rotatable bonds is 5. The van der Waals surface area contributed by atoms with Crippen molar-refractivity contribution in [3.8, 4) is 5.75 Å². The second kappa shape index (κ2) is 7.44. The van der Waals surface area contributed by atoms with Crippen LogP contribution in [0.1, 0.15) is 12.8 Å². The molecule has 3 N–H and O–H groups in total. The van der Waals surface area contributed by atoms with Gasteiger partial charge in [-0.1, -0.05) is 23.2 Å². The summed E-state index contributed by atoms with van der Waals surface area (Å²) in [6.07, 6.45) is 0.844. The smallest absolute Gasteiger partial charge is 0.234 e. The van der Waals surface area contributed by atoms with E-state index in [0.29, 0.717) is 40.9 Å². The van der Waals surface area contributed by atoms with Crippen LogP contribution in [0.4, 0.5) is 0 Å². The molecule has 112 valence electrons. The number of pyridine rings is 1. The summed E-state index contributed by atoms with van der Waals surface area (Å²) in [7, 11) is 0. The first-order valence-corrected chi connectivity index (χ1v) is 7.93. The minimum Gasteiger partial charge on any atom is -0.490 e. The summed E-state index contributed by atoms with van der Waals surface area (Å²) >= 11 is 14.3. The van der Waals surface area contributed by atoms with Gasteiger partial charge >= 0.3 is 0 Å². The Kier molecular flexibility index (Phi) is 5.86. The normalized spacial score (nSPS) is 10.7. The Morgan fingerprint density at radius 1 is 1.43 bits per heavy atom. The first-order valence-electron chi connectivity index (χ1n) is 6.09. The van der Waals surface area contributed by atoms with E-state index in [4.69, 9.17) is 33.8 Å². The van der Waals surface area contributed by atoms with E-state index in [9.17, 15) is 4.79 Å². The molecule has 2 aromatic rings. The van der Waals surface area contributed by atoms with E-state index in [1.165, 1.54) is 0 Å². The molecule has 21 heavy (non-hydrogen) atoms. The molecule has 0 spiro atoms. The van der Waals surface area contributed by atoms with E-state index in [1.807, 2.05) is 6.07 Å². The number of hydrogen-bond donors (Lipinski definition) is 2. The number of carbonyl (C=O) groups excluding carboxylic acids is 1. The monoisotopic (exact) mass is 439 g/mol. The van der Waals surface area contributed by atoms with Gasteiger partial charge in [0, 0.05) is 11.8 Å². The highest BCUT2D eigenvalue weighted by Crippen LogP contribution is 2.35. The Labute approximate surface area is 145 Å². The molecule has 1 aromatic carbocycles. The Morgan fingerprint density at radius 2 is 2.19 bits per heavy atom. The van der Waals surface area contributed by atoms with E-state index < -0.39 is 0 Å². The van der Waals surface area contributed by atoms with Crippen LogP contribution in [0.2, 0.25) is 10.2 Å². The van der Waals surface area contributed by atoms with Gasteiger partial charge in [0.15, 0.2) is 5.75 Å². The fourth-order valence-electron chi connectivity index (χ4n) is 1.79. The van der Waals surface area contributed by atoms with Crippen molar-refractivity contribution in [2.24, 2.45) is 5.84 Å². The quantitative estimate of drug-likeness (QED) is 0.187. The lowest BCUT2D eigenvalue weighted by Crippen LogP contribution is -2.30. The van der Waals surface area contributed by atoms with Crippen LogP contribution in [0.25, 0.3) is 10.9 Å². The highest BCUT2D eigenvalue weighted by Gasteiger charge is 2.13. The van der Waals surface area contributed by atoms with Gasteiger partial charge in [-0.2, -0.15) is 0 Å². The molecule has 1 heterocycles. The van der Waals surface area contributed by atoms with Crippen LogP contribution >= 0.6 is 45.8 Å². The van der Waals surface area contributed by atoms with Crippen molar-refractivity contribution >= 4 is 62.6 Å². The molecule has 2 rings (SSSR count). The fourth-order valence-corrected chi connectivity index (χ4v) is 3.10. The molecule has 0 radical (unpaired) electrons. The van der Waals surface area contributed by atoms with Gasteiger partial charge in [0.05, 0.1) is 15.2 Å². The SMILES string of the molecule is NNC(=O)CCCOc1c(I)cc(Cl)c2ccc(Cl)nc12. The molecule has 8 heteroatoms. The standard InChI is InChI=1S/C13H12Cl2IN3O2/c14-8-6-9(16)13(21-5-1-2-11(20)19-17)12-7(8)3-4-10(15)18-12/h3-4,6H,1-2,5,17H2,(H,19,20). The molecule has 0 unspecified atom stereocenters. The molecule has 0 aliphatic heterocycles. The molecule has 0 aliphatic carbocycles. The largest absolute Gasteiger partial charge is 0.490 e. The average molecular weight is 440 g/mol. The Balaban J connectivity index is 2.22. The number of nitrogens with one attached hydrogen (secondary N) is 1. The molecule has 0 saturated carbocycles. The number of nitrogens with two attached hydrogens (primary N) is 1. The van der Waals surface area contributed by atoms with Crippen LogP contribution in [-0.4, -0.2) is 17.5 Å². The van der Waals surface area contributed by atoms with Crippen LogP contribution < -0.4 is 16.0 Å². The lowest BCUT2D eigenvalue weighted by atomic mass is 10.2. The predicted octanol–water partition coefficient (Wildman–Crippen LogP) is 3.30. The van der Waals surface area contributed by atoms with Gasteiger partial charge in [0.1, 0.15) is 10.7 Å². The van der Waals surface area contributed by atoms with Gasteiger partial charge in [-0.05, 0) is 47.2 Å². The minimum absolute atomic E-state index is 0.226. The van der Waals surface area contributed by atoms with Crippen molar-refractivity contribution in [2.45, 2.75) is 12.8 Å². The van der Waals surface area contributed by atoms with E-state index in [2.05, 4.69) is 33.0 Å². The maximum Gasteiger partial charge on any atom is 0.234 e. The summed E-state index contributed by atoms with van der Waals surface area (Å²) in [4.78, 5) is 15.3. The molecule has 0 aliphatic rings. The van der Waals surface area contributed by atoms with Gasteiger partial charge in [-0.3, -0.25) is 10.2 Å². The lowest BCUT2D eigenvalue weighted by molar-refractivity contribution is -0.121. The molecule has 0 fully saturated rings. The Morgan fingerprint density at radius 3 is 2.90 bits per heavy atom. The highest BCUT2D eigenvalue weighted by atomic mass is 127. The summed E-state index contributed by atoms with van der Waals surface area (Å²) < 4.78 is 6.58. The zero-order chi connectivity index (χ0) is 15.4. The van der Waals surface area contributed by atoms with Crippen molar-refractivity contribution in [1.29, 1.82) is 0 Å². The molecule has 0 atom stereocenters. The van der Waals surface area contributed by atoms with Crippen molar-refractivity contribution in [1.82, 2.24) is 10.4 Å². The van der Waals surface area contributed by atoms with Gasteiger partial charge in [0.25, 0.3) is 0 Å². The van der Waals surface area contributed by atoms with Crippen molar-refractivity contribution in [3.05, 3.63) is 31.9 Å². The van der Waals surface area contributed by atoms with E-state index >= 15 is 0 Å². The number of ether oxygens (including phenoxy) is 1. The fraction of sp³-hybridized carbons (Fsp3) is 0.231. The topological polar surface area (TPSA) is 77.2 Å². The second-order valence-electron chi connectivity index (χ2n) is 4.22. The van der Waals surface area contributed by atoms with Gasteiger partial charge in [-0.25, -0.2) is 10.8 Å². The third-order valence-electron chi connectivity index (χ3n) is 2.76. The number of hydrazine groups is 1. The summed E-state index contributed by atoms with van der Waals surface area (Å²) in [6.45, 7) is 0.369. The Hall–Kier alpha value is -0.830. The number of carbonyl (C=O) groups is 1. The number of halogens is 3. The van der Waals surface area contributed by atoms with Crippen molar-refractivity contribution in [3.63, 3.8) is 0 Å². The first kappa shape index (κ1) is 16.5. The third kappa shape index (κ3) is 4.09. The highest BCUT2D eigenvalue weighted by molar-refractivity contribution is 14.1. The number of aromatic nitrogens is 1. The van der Waals surface area contributed by atoms with Crippen LogP contribution in [0.5, 0.6) is 5.75 Å². The number of hydrogen-bond acceptors (Lipinski definition) is 4. The second-order valence-corrected chi connectivity index (χ2v) is 6.18. The average Bonchev–Trinajstić information content (AvgIpc) is 2.45. The Bertz CT molecular complexity index is 682. The lowest BCUT2D eigenvalue weighted by Gasteiger charge is -2.12. The first-order chi connectivity index (χ1) is 10.0. The van der Waals surface area contributed by atoms with Crippen molar-refractivity contribution < 1.29 is 9.53 Å². The van der Waals surface area contributed by atoms with Crippen LogP contribution in [0.15, 0.2) is 18.2 Å². The molecule has 0 bridgehead atoms. The molecule has 1 aromatic heterocycles. The number of amides is 1. The predicted molar refractivity (Wildman–Crippen MR) is 91.5 cm³/mol. The summed E-state index contributed by atoms with van der Waals surface area (Å²) in [5.41, 5.74) is 2.69. The molecule has 1 amide bonds. The molecule has 0 saturated heterocycles. The maximum atomic E-state index is 11.1. The van der Waals surface area contributed by atoms with Crippen LogP contribution in [0.3, 0.4) is 0 Å². The van der Waals surface area contributed by atoms with Crippen LogP contribution in [0, 0.1) is 3.57 Å². The zero-order valence-corrected chi connectivity index (χ0v) is 14.5. The number of nitrogens with zero attached hydrogens (tertiary/aromatic N) is 1. The summed E-state index contributed by atoms with van der Waals surface area (Å²) in [6, 6.07) is 5.29. The maximum absolute atomic E-state index is 11.1. The van der Waals surface area contributed by atoms with Crippen LogP contribution in [-0.2, 0) is 4.79 Å². The van der Waals surface area contributed by atoms with E-state index in [1.54, 1.807) is 12.1 Å². The molecule has 5 nitrogen and oxygen atoms in total. The third-order valence-corrected chi connectivity index (χ3v) is 4.08. The van der Waals surface area contributed by atoms with Gasteiger partial charge in [0.2, 0.25) is 5.91 Å². The van der Waals surface area contributed by atoms with E-state index in [-0.39, 0.29) is 5.91 Å². The molecular formula is C13H12Cl2IN3O2.